The molecular weight excluding hydrogens is 336 g/mol. The van der Waals surface area contributed by atoms with Crippen molar-refractivity contribution >= 4 is 17.7 Å². The van der Waals surface area contributed by atoms with Crippen molar-refractivity contribution in [3.63, 3.8) is 0 Å². The zero-order valence-corrected chi connectivity index (χ0v) is 14.5. The zero-order chi connectivity index (χ0) is 19.6. The molecule has 10 heteroatoms. The molecule has 0 unspecified atom stereocenters. The molecule has 0 radical (unpaired) electrons. The van der Waals surface area contributed by atoms with Gasteiger partial charge < -0.3 is 25.1 Å². The summed E-state index contributed by atoms with van der Waals surface area (Å²) >= 11 is 0. The van der Waals surface area contributed by atoms with Gasteiger partial charge in [-0.3, -0.25) is 14.9 Å². The van der Waals surface area contributed by atoms with E-state index in [0.29, 0.717) is 5.75 Å². The second-order valence-corrected chi connectivity index (χ2v) is 5.62. The van der Waals surface area contributed by atoms with Crippen LogP contribution in [0.2, 0.25) is 0 Å². The molecule has 1 aromatic rings. The molecule has 3 N–H and O–H groups in total. The van der Waals surface area contributed by atoms with Crippen molar-refractivity contribution < 1.29 is 33.8 Å². The predicted molar refractivity (Wildman–Crippen MR) is 87.8 cm³/mol. The van der Waals surface area contributed by atoms with Gasteiger partial charge in [0.15, 0.2) is 5.75 Å². The number of benzene rings is 1. The molecule has 1 rings (SSSR count). The lowest BCUT2D eigenvalue weighted by Crippen LogP contribution is -2.27. The van der Waals surface area contributed by atoms with Gasteiger partial charge >= 0.3 is 17.7 Å². The zero-order valence-electron chi connectivity index (χ0n) is 14.5. The highest BCUT2D eigenvalue weighted by molar-refractivity contribution is 5.66. The van der Waals surface area contributed by atoms with Crippen LogP contribution in [0.3, 0.4) is 0 Å². The number of nitrogens with two attached hydrogens (primary N) is 1. The van der Waals surface area contributed by atoms with Crippen molar-refractivity contribution in [1.29, 1.82) is 0 Å². The average molecular weight is 358 g/mol. The quantitative estimate of drug-likeness (QED) is 0.580. The molecule has 1 aromatic carbocycles. The summed E-state index contributed by atoms with van der Waals surface area (Å²) in [6.07, 6.45) is -0.944. The minimum absolute atomic E-state index is 0.0250. The minimum Gasteiger partial charge on any atom is -0.496 e. The number of nitro benzene ring substituents is 1. The molecule has 1 amide bonds. The standard InChI is InChI=1S/C10H11NO6.C5H11NO2/c1-16-7-2-3-9(8(6-7)11(14)15)17-5-4-10(12)13;1-5(2,3)8-4(6)7/h2-3,6H,4-5H2,1H3,(H,12,13);1-3H3,(H2,6,7). The molecule has 10 nitrogen and oxygen atoms in total. The van der Waals surface area contributed by atoms with E-state index >= 15 is 0 Å². The Bertz CT molecular complexity index is 610. The molecular formula is C15H22N2O8. The molecule has 0 aliphatic heterocycles. The van der Waals surface area contributed by atoms with Gasteiger partial charge in [0.05, 0.1) is 31.1 Å². The molecule has 0 aliphatic rings. The number of ether oxygens (including phenoxy) is 3. The number of carboxylic acids is 1. The Morgan fingerprint density at radius 3 is 2.28 bits per heavy atom. The van der Waals surface area contributed by atoms with Gasteiger partial charge in [-0.1, -0.05) is 0 Å². The van der Waals surface area contributed by atoms with Crippen LogP contribution in [0.4, 0.5) is 10.5 Å². The minimum atomic E-state index is -1.03. The van der Waals surface area contributed by atoms with Crippen LogP contribution < -0.4 is 15.2 Å². The first-order valence-electron chi connectivity index (χ1n) is 7.11. The third-order valence-electron chi connectivity index (χ3n) is 2.34. The summed E-state index contributed by atoms with van der Waals surface area (Å²) in [4.78, 5) is 30.4. The van der Waals surface area contributed by atoms with Crippen molar-refractivity contribution in [3.8, 4) is 11.5 Å². The monoisotopic (exact) mass is 358 g/mol. The molecule has 0 aromatic heterocycles. The molecule has 0 fully saturated rings. The summed E-state index contributed by atoms with van der Waals surface area (Å²) in [6.45, 7) is 5.16. The number of hydrogen-bond donors (Lipinski definition) is 2. The number of aliphatic carboxylic acids is 1. The number of methoxy groups -OCH3 is 1. The lowest BCUT2D eigenvalue weighted by atomic mass is 10.2. The van der Waals surface area contributed by atoms with E-state index in [9.17, 15) is 19.7 Å². The number of carbonyl (C=O) groups is 2. The van der Waals surface area contributed by atoms with Gasteiger partial charge in [-0.05, 0) is 32.9 Å². The maximum atomic E-state index is 10.7. The number of primary amides is 1. The highest BCUT2D eigenvalue weighted by atomic mass is 16.6. The van der Waals surface area contributed by atoms with Gasteiger partial charge in [0.1, 0.15) is 11.4 Å². The summed E-state index contributed by atoms with van der Waals surface area (Å²) in [7, 11) is 1.39. The van der Waals surface area contributed by atoms with Crippen LogP contribution in [0.5, 0.6) is 11.5 Å². The van der Waals surface area contributed by atoms with Crippen LogP contribution in [0, 0.1) is 10.1 Å². The van der Waals surface area contributed by atoms with E-state index in [2.05, 4.69) is 4.74 Å². The van der Waals surface area contributed by atoms with E-state index in [1.54, 1.807) is 20.8 Å². The maximum Gasteiger partial charge on any atom is 0.405 e. The number of hydrogen-bond acceptors (Lipinski definition) is 7. The molecule has 0 bridgehead atoms. The average Bonchev–Trinajstić information content (AvgIpc) is 2.45. The van der Waals surface area contributed by atoms with Crippen LogP contribution in [0.1, 0.15) is 27.2 Å². The predicted octanol–water partition coefficient (Wildman–Crippen LogP) is 2.34. The summed E-state index contributed by atoms with van der Waals surface area (Å²) in [6, 6.07) is 4.10. The third-order valence-corrected chi connectivity index (χ3v) is 2.34. The van der Waals surface area contributed by atoms with Crippen LogP contribution in [0.15, 0.2) is 18.2 Å². The van der Waals surface area contributed by atoms with Gasteiger partial charge in [-0.2, -0.15) is 0 Å². The Morgan fingerprint density at radius 1 is 1.32 bits per heavy atom. The maximum absolute atomic E-state index is 10.7. The van der Waals surface area contributed by atoms with Crippen molar-refractivity contribution in [2.24, 2.45) is 5.73 Å². The summed E-state index contributed by atoms with van der Waals surface area (Å²) in [5, 5.41) is 19.2. The SMILES string of the molecule is CC(C)(C)OC(N)=O.COc1ccc(OCCC(=O)O)c([N+](=O)[O-])c1. The fraction of sp³-hybridized carbons (Fsp3) is 0.467. The molecule has 25 heavy (non-hydrogen) atoms. The fourth-order valence-corrected chi connectivity index (χ4v) is 1.44. The van der Waals surface area contributed by atoms with E-state index in [1.165, 1.54) is 25.3 Å². The smallest absolute Gasteiger partial charge is 0.405 e. The van der Waals surface area contributed by atoms with Crippen LogP contribution >= 0.6 is 0 Å². The second-order valence-electron chi connectivity index (χ2n) is 5.62. The van der Waals surface area contributed by atoms with Crippen LogP contribution in [-0.4, -0.2) is 41.4 Å². The molecule has 0 saturated carbocycles. The molecule has 0 heterocycles. The van der Waals surface area contributed by atoms with Gasteiger partial charge in [-0.25, -0.2) is 4.79 Å². The highest BCUT2D eigenvalue weighted by Gasteiger charge is 2.16. The number of rotatable bonds is 6. The first-order chi connectivity index (χ1) is 11.5. The number of nitrogens with zero attached hydrogens (tertiary/aromatic N) is 1. The van der Waals surface area contributed by atoms with Crippen LogP contribution in [-0.2, 0) is 9.53 Å². The number of carboxylic acid groups (broad SMARTS) is 1. The van der Waals surface area contributed by atoms with Gasteiger partial charge in [0.2, 0.25) is 0 Å². The number of nitro groups is 1. The Kier molecular flexibility index (Phi) is 8.75. The second kappa shape index (κ2) is 9.96. The van der Waals surface area contributed by atoms with Gasteiger partial charge in [0, 0.05) is 0 Å². The first kappa shape index (κ1) is 22.0. The number of carbonyl (C=O) groups excluding carboxylic acids is 1. The first-order valence-corrected chi connectivity index (χ1v) is 7.11. The fourth-order valence-electron chi connectivity index (χ4n) is 1.44. The normalized spacial score (nSPS) is 10.1. The Morgan fingerprint density at radius 2 is 1.92 bits per heavy atom. The lowest BCUT2D eigenvalue weighted by Gasteiger charge is -2.16. The van der Waals surface area contributed by atoms with Crippen molar-refractivity contribution in [1.82, 2.24) is 0 Å². The molecule has 0 saturated heterocycles. The molecule has 0 atom stereocenters. The van der Waals surface area contributed by atoms with E-state index in [1.807, 2.05) is 0 Å². The van der Waals surface area contributed by atoms with Crippen molar-refractivity contribution in [2.75, 3.05) is 13.7 Å². The largest absolute Gasteiger partial charge is 0.496 e. The van der Waals surface area contributed by atoms with E-state index in [0.717, 1.165) is 0 Å². The molecule has 140 valence electrons. The Balaban J connectivity index is 0.000000609. The van der Waals surface area contributed by atoms with E-state index in [-0.39, 0.29) is 24.5 Å². The molecule has 0 aliphatic carbocycles. The lowest BCUT2D eigenvalue weighted by molar-refractivity contribution is -0.385. The van der Waals surface area contributed by atoms with Gasteiger partial charge in [-0.15, -0.1) is 0 Å². The summed E-state index contributed by atoms with van der Waals surface area (Å²) in [5.74, 6) is -0.666. The number of amides is 1. The van der Waals surface area contributed by atoms with E-state index in [4.69, 9.17) is 20.3 Å². The van der Waals surface area contributed by atoms with Crippen molar-refractivity contribution in [3.05, 3.63) is 28.3 Å². The Hall–Kier alpha value is -3.04. The topological polar surface area (TPSA) is 151 Å². The highest BCUT2D eigenvalue weighted by Crippen LogP contribution is 2.30. The Labute approximate surface area is 144 Å². The van der Waals surface area contributed by atoms with E-state index < -0.39 is 22.6 Å². The molecule has 0 spiro atoms. The van der Waals surface area contributed by atoms with Crippen LogP contribution in [0.25, 0.3) is 0 Å². The summed E-state index contributed by atoms with van der Waals surface area (Å²) in [5.41, 5.74) is 4.01. The van der Waals surface area contributed by atoms with Crippen molar-refractivity contribution in [2.45, 2.75) is 32.8 Å². The van der Waals surface area contributed by atoms with Gasteiger partial charge in [0.25, 0.3) is 0 Å². The third kappa shape index (κ3) is 10.4. The summed E-state index contributed by atoms with van der Waals surface area (Å²) < 4.78 is 14.5.